The molecule has 0 saturated carbocycles. The molecule has 1 aromatic carbocycles. The molecule has 102 valence electrons. The van der Waals surface area contributed by atoms with Crippen LogP contribution >= 0.6 is 0 Å². The fraction of sp³-hybridized carbons (Fsp3) is 0.200. The third kappa shape index (κ3) is 2.56. The van der Waals surface area contributed by atoms with E-state index in [4.69, 9.17) is 8.94 Å². The number of aryl methyl sites for hydroxylation is 2. The minimum absolute atomic E-state index is 0.515. The van der Waals surface area contributed by atoms with Gasteiger partial charge in [-0.15, -0.1) is 0 Å². The molecule has 0 unspecified atom stereocenters. The lowest BCUT2D eigenvalue weighted by molar-refractivity contribution is 0.425. The van der Waals surface area contributed by atoms with Gasteiger partial charge in [-0.3, -0.25) is 0 Å². The summed E-state index contributed by atoms with van der Waals surface area (Å²) >= 11 is 0. The summed E-state index contributed by atoms with van der Waals surface area (Å²) in [5.74, 6) is 2.93. The molecule has 0 aliphatic rings. The number of anilines is 1. The molecule has 0 saturated heterocycles. The van der Waals surface area contributed by atoms with E-state index in [0.29, 0.717) is 18.3 Å². The Morgan fingerprint density at radius 1 is 1.10 bits per heavy atom. The molecule has 5 heteroatoms. The van der Waals surface area contributed by atoms with Crippen molar-refractivity contribution in [2.24, 2.45) is 0 Å². The number of hydrogen-bond donors (Lipinski definition) is 1. The molecule has 20 heavy (non-hydrogen) atoms. The fourth-order valence-corrected chi connectivity index (χ4v) is 1.99. The molecule has 3 rings (SSSR count). The van der Waals surface area contributed by atoms with E-state index >= 15 is 0 Å². The Labute approximate surface area is 116 Å². The first-order chi connectivity index (χ1) is 9.72. The largest absolute Gasteiger partial charge is 0.465 e. The zero-order valence-corrected chi connectivity index (χ0v) is 11.4. The van der Waals surface area contributed by atoms with E-state index in [-0.39, 0.29) is 0 Å². The molecule has 0 aliphatic carbocycles. The number of rotatable bonds is 4. The normalized spacial score (nSPS) is 10.7. The third-order valence-corrected chi connectivity index (χ3v) is 2.93. The van der Waals surface area contributed by atoms with Gasteiger partial charge in [0.25, 0.3) is 5.89 Å². The molecule has 0 amide bonds. The average molecular weight is 269 g/mol. The Bertz CT molecular complexity index is 715. The molecule has 2 heterocycles. The summed E-state index contributed by atoms with van der Waals surface area (Å²) in [6.07, 6.45) is 0. The lowest BCUT2D eigenvalue weighted by atomic mass is 10.1. The Morgan fingerprint density at radius 2 is 1.95 bits per heavy atom. The highest BCUT2D eigenvalue weighted by molar-refractivity contribution is 5.72. The predicted molar refractivity (Wildman–Crippen MR) is 75.2 cm³/mol. The molecule has 2 aromatic heterocycles. The van der Waals surface area contributed by atoms with Crippen LogP contribution in [-0.4, -0.2) is 10.1 Å². The molecule has 3 aromatic rings. The van der Waals surface area contributed by atoms with Gasteiger partial charge in [0.05, 0.1) is 12.1 Å². The van der Waals surface area contributed by atoms with Crippen LogP contribution < -0.4 is 5.32 Å². The minimum Gasteiger partial charge on any atom is -0.465 e. The summed E-state index contributed by atoms with van der Waals surface area (Å²) in [7, 11) is 0. The highest BCUT2D eigenvalue weighted by Gasteiger charge is 2.11. The van der Waals surface area contributed by atoms with Crippen molar-refractivity contribution < 1.29 is 8.94 Å². The topological polar surface area (TPSA) is 64.1 Å². The van der Waals surface area contributed by atoms with Crippen molar-refractivity contribution in [3.8, 4) is 11.5 Å². The maximum Gasteiger partial charge on any atom is 0.260 e. The average Bonchev–Trinajstić information content (AvgIpc) is 3.06. The van der Waals surface area contributed by atoms with Gasteiger partial charge in [0.15, 0.2) is 5.82 Å². The smallest absolute Gasteiger partial charge is 0.260 e. The van der Waals surface area contributed by atoms with Crippen LogP contribution in [0.3, 0.4) is 0 Å². The molecular weight excluding hydrogens is 254 g/mol. The van der Waals surface area contributed by atoms with Crippen molar-refractivity contribution >= 4 is 5.69 Å². The van der Waals surface area contributed by atoms with Gasteiger partial charge in [-0.1, -0.05) is 17.3 Å². The Kier molecular flexibility index (Phi) is 3.25. The SMILES string of the molecule is Cc1noc(-c2ccccc2NCc2ccc(C)o2)n1. The van der Waals surface area contributed by atoms with E-state index in [2.05, 4.69) is 15.5 Å². The predicted octanol–water partition coefficient (Wildman–Crippen LogP) is 3.56. The fourth-order valence-electron chi connectivity index (χ4n) is 1.99. The Morgan fingerprint density at radius 3 is 2.65 bits per heavy atom. The molecule has 0 bridgehead atoms. The number of furan rings is 1. The van der Waals surface area contributed by atoms with Crippen LogP contribution in [0.1, 0.15) is 17.3 Å². The molecule has 5 nitrogen and oxygen atoms in total. The van der Waals surface area contributed by atoms with Crippen LogP contribution in [-0.2, 0) is 6.54 Å². The Hall–Kier alpha value is -2.56. The number of nitrogens with zero attached hydrogens (tertiary/aromatic N) is 2. The van der Waals surface area contributed by atoms with Crippen molar-refractivity contribution in [2.75, 3.05) is 5.32 Å². The van der Waals surface area contributed by atoms with Crippen LogP contribution in [0.5, 0.6) is 0 Å². The monoisotopic (exact) mass is 269 g/mol. The van der Waals surface area contributed by atoms with E-state index in [1.165, 1.54) is 0 Å². The van der Waals surface area contributed by atoms with Crippen LogP contribution in [0.25, 0.3) is 11.5 Å². The maximum absolute atomic E-state index is 5.54. The second kappa shape index (κ2) is 5.21. The van der Waals surface area contributed by atoms with E-state index in [0.717, 1.165) is 22.8 Å². The second-order valence-corrected chi connectivity index (χ2v) is 4.56. The summed E-state index contributed by atoms with van der Waals surface area (Å²) in [6, 6.07) is 11.7. The number of para-hydroxylation sites is 1. The quantitative estimate of drug-likeness (QED) is 0.784. The van der Waals surface area contributed by atoms with E-state index in [9.17, 15) is 0 Å². The molecular formula is C15H15N3O2. The molecule has 0 radical (unpaired) electrons. The zero-order valence-electron chi connectivity index (χ0n) is 11.4. The van der Waals surface area contributed by atoms with E-state index in [1.807, 2.05) is 43.3 Å². The zero-order chi connectivity index (χ0) is 13.9. The van der Waals surface area contributed by atoms with Crippen molar-refractivity contribution in [1.29, 1.82) is 0 Å². The standard InChI is InChI=1S/C15H15N3O2/c1-10-7-8-12(19-10)9-16-14-6-4-3-5-13(14)15-17-11(2)18-20-15/h3-8,16H,9H2,1-2H3. The highest BCUT2D eigenvalue weighted by atomic mass is 16.5. The van der Waals surface area contributed by atoms with Crippen LogP contribution in [0.4, 0.5) is 5.69 Å². The van der Waals surface area contributed by atoms with Gasteiger partial charge < -0.3 is 14.3 Å². The molecule has 0 spiro atoms. The van der Waals surface area contributed by atoms with E-state index in [1.54, 1.807) is 6.92 Å². The number of hydrogen-bond acceptors (Lipinski definition) is 5. The summed E-state index contributed by atoms with van der Waals surface area (Å²) in [6.45, 7) is 4.34. The number of aromatic nitrogens is 2. The number of benzene rings is 1. The van der Waals surface area contributed by atoms with Crippen molar-refractivity contribution in [1.82, 2.24) is 10.1 Å². The Balaban J connectivity index is 1.83. The summed E-state index contributed by atoms with van der Waals surface area (Å²) in [4.78, 5) is 4.26. The first-order valence-electron chi connectivity index (χ1n) is 6.41. The van der Waals surface area contributed by atoms with Gasteiger partial charge in [0, 0.05) is 5.69 Å². The highest BCUT2D eigenvalue weighted by Crippen LogP contribution is 2.26. The molecule has 0 aliphatic heterocycles. The molecule has 1 N–H and O–H groups in total. The van der Waals surface area contributed by atoms with Crippen molar-refractivity contribution in [3.63, 3.8) is 0 Å². The third-order valence-electron chi connectivity index (χ3n) is 2.93. The van der Waals surface area contributed by atoms with Gasteiger partial charge in [0.1, 0.15) is 11.5 Å². The summed E-state index contributed by atoms with van der Waals surface area (Å²) in [5.41, 5.74) is 1.82. The minimum atomic E-state index is 0.515. The summed E-state index contributed by atoms with van der Waals surface area (Å²) < 4.78 is 10.8. The van der Waals surface area contributed by atoms with Gasteiger partial charge in [-0.2, -0.15) is 4.98 Å². The maximum atomic E-state index is 5.54. The number of nitrogens with one attached hydrogen (secondary N) is 1. The van der Waals surface area contributed by atoms with Crippen LogP contribution in [0, 0.1) is 13.8 Å². The van der Waals surface area contributed by atoms with Crippen LogP contribution in [0.15, 0.2) is 45.3 Å². The summed E-state index contributed by atoms with van der Waals surface area (Å²) in [5, 5.41) is 7.15. The van der Waals surface area contributed by atoms with Crippen LogP contribution in [0.2, 0.25) is 0 Å². The molecule has 0 fully saturated rings. The van der Waals surface area contributed by atoms with Crippen molar-refractivity contribution in [2.45, 2.75) is 20.4 Å². The van der Waals surface area contributed by atoms with E-state index < -0.39 is 0 Å². The van der Waals surface area contributed by atoms with Crippen molar-refractivity contribution in [3.05, 3.63) is 53.7 Å². The van der Waals surface area contributed by atoms with Gasteiger partial charge in [-0.25, -0.2) is 0 Å². The van der Waals surface area contributed by atoms with Gasteiger partial charge >= 0.3 is 0 Å². The molecule has 0 atom stereocenters. The van der Waals surface area contributed by atoms with Gasteiger partial charge in [0.2, 0.25) is 0 Å². The first kappa shape index (κ1) is 12.5. The van der Waals surface area contributed by atoms with Gasteiger partial charge in [-0.05, 0) is 38.1 Å². The lowest BCUT2D eigenvalue weighted by Crippen LogP contribution is -1.99. The first-order valence-corrected chi connectivity index (χ1v) is 6.41. The second-order valence-electron chi connectivity index (χ2n) is 4.56. The lowest BCUT2D eigenvalue weighted by Gasteiger charge is -2.08.